The lowest BCUT2D eigenvalue weighted by Gasteiger charge is -2.41. The van der Waals surface area contributed by atoms with E-state index < -0.39 is 0 Å². The van der Waals surface area contributed by atoms with Crippen LogP contribution in [0.3, 0.4) is 0 Å². The summed E-state index contributed by atoms with van der Waals surface area (Å²) in [7, 11) is 0. The molecule has 82 valence electrons. The van der Waals surface area contributed by atoms with Gasteiger partial charge in [-0.25, -0.2) is 4.98 Å². The molecule has 0 bridgehead atoms. The number of aromatic nitrogens is 1. The number of nitrogens with two attached hydrogens (primary N) is 1. The molecular weight excluding hydrogens is 186 g/mol. The van der Waals surface area contributed by atoms with Crippen LogP contribution in [0.2, 0.25) is 0 Å². The minimum atomic E-state index is 0.504. The minimum Gasteiger partial charge on any atom is -0.396 e. The molecule has 0 atom stereocenters. The topological polar surface area (TPSA) is 50.9 Å². The maximum absolute atomic E-state index is 5.83. The normalized spacial score (nSPS) is 18.2. The Kier molecular flexibility index (Phi) is 2.80. The van der Waals surface area contributed by atoms with Crippen molar-refractivity contribution in [1.82, 2.24) is 4.98 Å². The maximum atomic E-state index is 5.83. The average Bonchev–Trinajstić information content (AvgIpc) is 2.19. The molecule has 15 heavy (non-hydrogen) atoms. The summed E-state index contributed by atoms with van der Waals surface area (Å²) in [6, 6.07) is 3.74. The monoisotopic (exact) mass is 205 g/mol. The third kappa shape index (κ3) is 2.06. The van der Waals surface area contributed by atoms with Crippen LogP contribution >= 0.6 is 0 Å². The van der Waals surface area contributed by atoms with Gasteiger partial charge in [0, 0.05) is 12.7 Å². The molecule has 3 N–H and O–H groups in total. The Morgan fingerprint density at radius 2 is 2.33 bits per heavy atom. The quantitative estimate of drug-likeness (QED) is 0.794. The van der Waals surface area contributed by atoms with E-state index in [1.165, 1.54) is 25.7 Å². The van der Waals surface area contributed by atoms with Crippen LogP contribution in [0.5, 0.6) is 0 Å². The first-order valence-corrected chi connectivity index (χ1v) is 5.70. The molecule has 1 fully saturated rings. The van der Waals surface area contributed by atoms with E-state index in [4.69, 9.17) is 5.73 Å². The lowest BCUT2D eigenvalue weighted by atomic mass is 9.67. The highest BCUT2D eigenvalue weighted by molar-refractivity contribution is 5.60. The Hall–Kier alpha value is -1.25. The van der Waals surface area contributed by atoms with Gasteiger partial charge in [0.05, 0.1) is 5.69 Å². The predicted octanol–water partition coefficient (Wildman–Crippen LogP) is 2.66. The molecule has 1 saturated carbocycles. The van der Waals surface area contributed by atoms with E-state index in [1.54, 1.807) is 6.20 Å². The zero-order valence-electron chi connectivity index (χ0n) is 9.29. The fraction of sp³-hybridized carbons (Fsp3) is 0.583. The van der Waals surface area contributed by atoms with Gasteiger partial charge in [0.25, 0.3) is 0 Å². The van der Waals surface area contributed by atoms with Gasteiger partial charge in [0.1, 0.15) is 5.82 Å². The summed E-state index contributed by atoms with van der Waals surface area (Å²) in [5.41, 5.74) is 7.07. The minimum absolute atomic E-state index is 0.504. The van der Waals surface area contributed by atoms with Crippen LogP contribution in [-0.2, 0) is 0 Å². The first-order valence-electron chi connectivity index (χ1n) is 5.70. The summed E-state index contributed by atoms with van der Waals surface area (Å²) in [5, 5.41) is 3.37. The van der Waals surface area contributed by atoms with Gasteiger partial charge >= 0.3 is 0 Å². The second kappa shape index (κ2) is 4.09. The van der Waals surface area contributed by atoms with Gasteiger partial charge in [-0.05, 0) is 36.8 Å². The fourth-order valence-electron chi connectivity index (χ4n) is 2.17. The summed E-state index contributed by atoms with van der Waals surface area (Å²) in [6.07, 6.45) is 7.06. The van der Waals surface area contributed by atoms with E-state index in [0.717, 1.165) is 18.1 Å². The SMILES string of the molecule is CCC1(CNc2ncccc2N)CCC1. The van der Waals surface area contributed by atoms with Crippen LogP contribution in [0.1, 0.15) is 32.6 Å². The highest BCUT2D eigenvalue weighted by Crippen LogP contribution is 2.43. The number of hydrogen-bond donors (Lipinski definition) is 2. The van der Waals surface area contributed by atoms with Crippen LogP contribution in [0.15, 0.2) is 18.3 Å². The Labute approximate surface area is 91.1 Å². The van der Waals surface area contributed by atoms with Gasteiger partial charge in [0.2, 0.25) is 0 Å². The van der Waals surface area contributed by atoms with Gasteiger partial charge in [-0.15, -0.1) is 0 Å². The van der Waals surface area contributed by atoms with Crippen LogP contribution in [0.4, 0.5) is 11.5 Å². The first-order chi connectivity index (χ1) is 7.26. The fourth-order valence-corrected chi connectivity index (χ4v) is 2.17. The predicted molar refractivity (Wildman–Crippen MR) is 63.7 cm³/mol. The van der Waals surface area contributed by atoms with Crippen molar-refractivity contribution in [2.45, 2.75) is 32.6 Å². The van der Waals surface area contributed by atoms with Crippen LogP contribution in [0, 0.1) is 5.41 Å². The molecule has 1 aliphatic carbocycles. The molecule has 0 spiro atoms. The summed E-state index contributed by atoms with van der Waals surface area (Å²) < 4.78 is 0. The molecule has 0 aliphatic heterocycles. The number of pyridine rings is 1. The van der Waals surface area contributed by atoms with E-state index in [0.29, 0.717) is 5.41 Å². The number of nitrogen functional groups attached to an aromatic ring is 1. The van der Waals surface area contributed by atoms with Crippen molar-refractivity contribution in [3.8, 4) is 0 Å². The van der Waals surface area contributed by atoms with Gasteiger partial charge < -0.3 is 11.1 Å². The molecular formula is C12H19N3. The zero-order valence-corrected chi connectivity index (χ0v) is 9.29. The molecule has 2 rings (SSSR count). The Balaban J connectivity index is 1.95. The van der Waals surface area contributed by atoms with E-state index in [9.17, 15) is 0 Å². The van der Waals surface area contributed by atoms with Gasteiger partial charge in [-0.2, -0.15) is 0 Å². The summed E-state index contributed by atoms with van der Waals surface area (Å²) in [4.78, 5) is 4.24. The number of nitrogens with one attached hydrogen (secondary N) is 1. The number of hydrogen-bond acceptors (Lipinski definition) is 3. The summed E-state index contributed by atoms with van der Waals surface area (Å²) in [5.74, 6) is 0.831. The van der Waals surface area contributed by atoms with E-state index in [2.05, 4.69) is 17.2 Å². The number of anilines is 2. The highest BCUT2D eigenvalue weighted by Gasteiger charge is 2.34. The molecule has 0 amide bonds. The third-order valence-corrected chi connectivity index (χ3v) is 3.63. The molecule has 0 saturated heterocycles. The molecule has 1 aromatic rings. The second-order valence-electron chi connectivity index (χ2n) is 4.50. The maximum Gasteiger partial charge on any atom is 0.149 e. The van der Waals surface area contributed by atoms with Crippen molar-refractivity contribution in [2.24, 2.45) is 5.41 Å². The molecule has 1 aromatic heterocycles. The standard InChI is InChI=1S/C12H19N3/c1-2-12(6-4-7-12)9-15-11-10(13)5-3-8-14-11/h3,5,8H,2,4,6-7,9,13H2,1H3,(H,14,15). The van der Waals surface area contributed by atoms with Crippen molar-refractivity contribution in [1.29, 1.82) is 0 Å². The number of rotatable bonds is 4. The third-order valence-electron chi connectivity index (χ3n) is 3.63. The molecule has 0 aromatic carbocycles. The summed E-state index contributed by atoms with van der Waals surface area (Å²) in [6.45, 7) is 3.27. The van der Waals surface area contributed by atoms with E-state index >= 15 is 0 Å². The molecule has 1 aliphatic rings. The molecule has 1 heterocycles. The van der Waals surface area contributed by atoms with Crippen molar-refractivity contribution >= 4 is 11.5 Å². The molecule has 3 heteroatoms. The highest BCUT2D eigenvalue weighted by atomic mass is 15.0. The molecule has 3 nitrogen and oxygen atoms in total. The average molecular weight is 205 g/mol. The Morgan fingerprint density at radius 1 is 1.53 bits per heavy atom. The smallest absolute Gasteiger partial charge is 0.149 e. The van der Waals surface area contributed by atoms with E-state index in [-0.39, 0.29) is 0 Å². The van der Waals surface area contributed by atoms with Crippen LogP contribution in [-0.4, -0.2) is 11.5 Å². The Morgan fingerprint density at radius 3 is 2.87 bits per heavy atom. The van der Waals surface area contributed by atoms with Crippen LogP contribution in [0.25, 0.3) is 0 Å². The second-order valence-corrected chi connectivity index (χ2v) is 4.50. The number of nitrogens with zero attached hydrogens (tertiary/aromatic N) is 1. The summed E-state index contributed by atoms with van der Waals surface area (Å²) >= 11 is 0. The van der Waals surface area contributed by atoms with Gasteiger partial charge in [0.15, 0.2) is 0 Å². The van der Waals surface area contributed by atoms with Crippen molar-refractivity contribution < 1.29 is 0 Å². The lowest BCUT2D eigenvalue weighted by molar-refractivity contribution is 0.145. The Bertz CT molecular complexity index is 326. The zero-order chi connectivity index (χ0) is 10.7. The lowest BCUT2D eigenvalue weighted by Crippen LogP contribution is -2.36. The largest absolute Gasteiger partial charge is 0.396 e. The van der Waals surface area contributed by atoms with Crippen molar-refractivity contribution in [3.63, 3.8) is 0 Å². The molecule has 0 radical (unpaired) electrons. The van der Waals surface area contributed by atoms with E-state index in [1.807, 2.05) is 12.1 Å². The first kappa shape index (κ1) is 10.3. The molecule has 0 unspecified atom stereocenters. The van der Waals surface area contributed by atoms with Crippen molar-refractivity contribution in [3.05, 3.63) is 18.3 Å². The van der Waals surface area contributed by atoms with Gasteiger partial charge in [-0.1, -0.05) is 13.3 Å². The van der Waals surface area contributed by atoms with Gasteiger partial charge in [-0.3, -0.25) is 0 Å². The van der Waals surface area contributed by atoms with Crippen LogP contribution < -0.4 is 11.1 Å². The van der Waals surface area contributed by atoms with Crippen molar-refractivity contribution in [2.75, 3.05) is 17.6 Å².